The minimum absolute atomic E-state index is 0.133. The van der Waals surface area contributed by atoms with Crippen LogP contribution in [-0.4, -0.2) is 17.9 Å². The highest BCUT2D eigenvalue weighted by Gasteiger charge is 2.44. The Morgan fingerprint density at radius 1 is 0.291 bits per heavy atom. The number of hydrogen-bond donors (Lipinski definition) is 0. The van der Waals surface area contributed by atoms with Gasteiger partial charge in [-0.2, -0.15) is 0 Å². The summed E-state index contributed by atoms with van der Waals surface area (Å²) >= 11 is 0. The van der Waals surface area contributed by atoms with Crippen molar-refractivity contribution in [1.82, 2.24) is 0 Å². The Labute approximate surface area is 346 Å². The standard InChI is InChI=1S/C52H99O3/c1-4-7-10-13-16-19-22-25-27-29-31-34-37-40-43-46-50(54)52(49-53,48-45-42-39-36-33-24-21-18-15-12-9-6-3)51(55)47-44-41-38-35-32-30-28-26-23-20-17-14-11-8-5-2/h4-48H2,1-3H3. The third kappa shape index (κ3) is 34.7. The second kappa shape index (κ2) is 44.1. The smallest absolute Gasteiger partial charge is 0.220 e. The summed E-state index contributed by atoms with van der Waals surface area (Å²) in [6, 6.07) is 0. The summed E-state index contributed by atoms with van der Waals surface area (Å²) in [5.74, 6) is -0.266. The van der Waals surface area contributed by atoms with E-state index in [-0.39, 0.29) is 11.6 Å². The van der Waals surface area contributed by atoms with Crippen LogP contribution in [0.15, 0.2) is 0 Å². The van der Waals surface area contributed by atoms with Crippen LogP contribution in [0.3, 0.4) is 0 Å². The lowest BCUT2D eigenvalue weighted by Crippen LogP contribution is -2.41. The van der Waals surface area contributed by atoms with Crippen LogP contribution in [0.4, 0.5) is 0 Å². The first-order valence-electron chi connectivity index (χ1n) is 25.5. The Morgan fingerprint density at radius 3 is 0.673 bits per heavy atom. The Hall–Kier alpha value is -0.990. The third-order valence-electron chi connectivity index (χ3n) is 12.5. The Morgan fingerprint density at radius 2 is 0.473 bits per heavy atom. The molecule has 0 saturated carbocycles. The van der Waals surface area contributed by atoms with Crippen molar-refractivity contribution in [2.24, 2.45) is 5.41 Å². The van der Waals surface area contributed by atoms with Gasteiger partial charge in [-0.05, 0) is 19.3 Å². The van der Waals surface area contributed by atoms with Crippen molar-refractivity contribution in [2.45, 2.75) is 310 Å². The number of unbranched alkanes of at least 4 members (excludes halogenated alkanes) is 39. The number of carbonyl (C=O) groups is 2. The fourth-order valence-corrected chi connectivity index (χ4v) is 8.57. The van der Waals surface area contributed by atoms with Gasteiger partial charge in [0.1, 0.15) is 0 Å². The molecule has 0 spiro atoms. The zero-order chi connectivity index (χ0) is 40.2. The molecule has 0 aliphatic carbocycles. The molecule has 0 aromatic rings. The Balaban J connectivity index is 4.47. The van der Waals surface area contributed by atoms with Gasteiger partial charge < -0.3 is 0 Å². The van der Waals surface area contributed by atoms with Crippen molar-refractivity contribution in [1.29, 1.82) is 0 Å². The van der Waals surface area contributed by atoms with E-state index in [1.165, 1.54) is 212 Å². The molecule has 0 bridgehead atoms. The minimum atomic E-state index is -1.51. The lowest BCUT2D eigenvalue weighted by Gasteiger charge is -2.25. The second-order valence-electron chi connectivity index (χ2n) is 17.9. The van der Waals surface area contributed by atoms with Crippen LogP contribution in [-0.2, 0) is 14.4 Å². The Bertz CT molecular complexity index is 757. The molecule has 0 aliphatic rings. The van der Waals surface area contributed by atoms with E-state index >= 15 is 0 Å². The second-order valence-corrected chi connectivity index (χ2v) is 17.9. The summed E-state index contributed by atoms with van der Waals surface area (Å²) in [5, 5.41) is 0. The maximum Gasteiger partial charge on any atom is 0.220 e. The van der Waals surface area contributed by atoms with E-state index in [2.05, 4.69) is 27.1 Å². The SMILES string of the molecule is CCCCCCCCCCCCCCCCCC(=O)C([C]=O)(CCCCCCCCCCCCCC)C(=O)CCCCCCCCCCCCCCCCC. The van der Waals surface area contributed by atoms with Crippen molar-refractivity contribution in [3.8, 4) is 0 Å². The maximum atomic E-state index is 13.7. The zero-order valence-electron chi connectivity index (χ0n) is 38.0. The van der Waals surface area contributed by atoms with Crippen LogP contribution in [0.25, 0.3) is 0 Å². The summed E-state index contributed by atoms with van der Waals surface area (Å²) in [7, 11) is 0. The molecule has 0 heterocycles. The first-order valence-corrected chi connectivity index (χ1v) is 25.5. The summed E-state index contributed by atoms with van der Waals surface area (Å²) in [6.07, 6.45) is 56.6. The average Bonchev–Trinajstić information content (AvgIpc) is 3.19. The third-order valence-corrected chi connectivity index (χ3v) is 12.5. The summed E-state index contributed by atoms with van der Waals surface area (Å²) < 4.78 is 0. The number of rotatable bonds is 48. The normalized spacial score (nSPS) is 11.8. The summed E-state index contributed by atoms with van der Waals surface area (Å²) in [6.45, 7) is 6.83. The number of carbonyl (C=O) groups excluding carboxylic acids is 3. The molecule has 0 N–H and O–H groups in total. The van der Waals surface area contributed by atoms with E-state index in [0.29, 0.717) is 19.3 Å². The summed E-state index contributed by atoms with van der Waals surface area (Å²) in [5.41, 5.74) is -1.51. The predicted molar refractivity (Wildman–Crippen MR) is 243 cm³/mol. The van der Waals surface area contributed by atoms with E-state index < -0.39 is 5.41 Å². The first kappa shape index (κ1) is 54.0. The van der Waals surface area contributed by atoms with Crippen LogP contribution in [0, 0.1) is 5.41 Å². The zero-order valence-corrected chi connectivity index (χ0v) is 38.0. The van der Waals surface area contributed by atoms with E-state index in [1.54, 1.807) is 0 Å². The number of Topliss-reactive ketones (excluding diaryl/α,β-unsaturated/α-hetero) is 2. The fourth-order valence-electron chi connectivity index (χ4n) is 8.57. The van der Waals surface area contributed by atoms with E-state index in [9.17, 15) is 14.4 Å². The van der Waals surface area contributed by atoms with Gasteiger partial charge in [-0.25, -0.2) is 0 Å². The van der Waals surface area contributed by atoms with Gasteiger partial charge >= 0.3 is 0 Å². The number of hydrogen-bond acceptors (Lipinski definition) is 3. The largest absolute Gasteiger partial charge is 0.298 e. The highest BCUT2D eigenvalue weighted by molar-refractivity contribution is 6.18. The van der Waals surface area contributed by atoms with Crippen LogP contribution < -0.4 is 0 Å². The quantitative estimate of drug-likeness (QED) is 0.0457. The van der Waals surface area contributed by atoms with Crippen LogP contribution in [0.1, 0.15) is 310 Å². The molecule has 3 heteroatoms. The van der Waals surface area contributed by atoms with Crippen molar-refractivity contribution in [2.75, 3.05) is 0 Å². The molecular formula is C52H99O3. The van der Waals surface area contributed by atoms with E-state index in [1.807, 2.05) is 0 Å². The highest BCUT2D eigenvalue weighted by Crippen LogP contribution is 2.31. The minimum Gasteiger partial charge on any atom is -0.298 e. The Kier molecular flexibility index (Phi) is 43.3. The molecule has 3 nitrogen and oxygen atoms in total. The average molecular weight is 772 g/mol. The van der Waals surface area contributed by atoms with Crippen molar-refractivity contribution < 1.29 is 14.4 Å². The van der Waals surface area contributed by atoms with Crippen molar-refractivity contribution in [3.63, 3.8) is 0 Å². The van der Waals surface area contributed by atoms with Gasteiger partial charge in [-0.3, -0.25) is 14.4 Å². The lowest BCUT2D eigenvalue weighted by atomic mass is 9.73. The number of ketones is 2. The molecule has 0 aromatic carbocycles. The van der Waals surface area contributed by atoms with Crippen LogP contribution in [0.5, 0.6) is 0 Å². The van der Waals surface area contributed by atoms with E-state index in [4.69, 9.17) is 0 Å². The van der Waals surface area contributed by atoms with Crippen LogP contribution in [0.2, 0.25) is 0 Å². The van der Waals surface area contributed by atoms with Crippen LogP contribution >= 0.6 is 0 Å². The fraction of sp³-hybridized carbons (Fsp3) is 0.942. The molecule has 0 fully saturated rings. The molecule has 0 amide bonds. The molecule has 0 atom stereocenters. The van der Waals surface area contributed by atoms with Gasteiger partial charge in [0.05, 0.1) is 0 Å². The van der Waals surface area contributed by atoms with Gasteiger partial charge in [0, 0.05) is 12.8 Å². The molecule has 55 heavy (non-hydrogen) atoms. The van der Waals surface area contributed by atoms with Gasteiger partial charge in [0.15, 0.2) is 17.0 Å². The molecule has 0 aromatic heterocycles. The predicted octanol–water partition coefficient (Wildman–Crippen LogP) is 17.8. The van der Waals surface area contributed by atoms with Gasteiger partial charge in [-0.1, -0.05) is 278 Å². The van der Waals surface area contributed by atoms with Gasteiger partial charge in [0.25, 0.3) is 0 Å². The molecule has 325 valence electrons. The topological polar surface area (TPSA) is 51.2 Å². The van der Waals surface area contributed by atoms with Crippen molar-refractivity contribution in [3.05, 3.63) is 0 Å². The molecule has 0 unspecified atom stereocenters. The highest BCUT2D eigenvalue weighted by atomic mass is 16.2. The molecule has 0 rings (SSSR count). The maximum absolute atomic E-state index is 13.7. The molecular weight excluding hydrogens is 673 g/mol. The molecule has 1 radical (unpaired) electrons. The van der Waals surface area contributed by atoms with Gasteiger partial charge in [0.2, 0.25) is 6.29 Å². The molecule has 0 saturated heterocycles. The summed E-state index contributed by atoms with van der Waals surface area (Å²) in [4.78, 5) is 40.0. The first-order chi connectivity index (χ1) is 27.1. The van der Waals surface area contributed by atoms with Gasteiger partial charge in [-0.15, -0.1) is 0 Å². The lowest BCUT2D eigenvalue weighted by molar-refractivity contribution is -0.137. The van der Waals surface area contributed by atoms with E-state index in [0.717, 1.165) is 57.8 Å². The van der Waals surface area contributed by atoms with Crippen molar-refractivity contribution >= 4 is 17.9 Å². The monoisotopic (exact) mass is 772 g/mol. The molecule has 0 aliphatic heterocycles.